The average Bonchev–Trinajstić information content (AvgIpc) is 2.91. The molecule has 25 heavy (non-hydrogen) atoms. The topological polar surface area (TPSA) is 104 Å². The number of carbonyl (C=O) groups is 2. The van der Waals surface area contributed by atoms with Crippen LogP contribution in [0.2, 0.25) is 0 Å². The first-order valence-corrected chi connectivity index (χ1v) is 10.2. The van der Waals surface area contributed by atoms with Gasteiger partial charge in [0.05, 0.1) is 18.6 Å². The number of carbonyl (C=O) groups excluding carboxylic acids is 1. The van der Waals surface area contributed by atoms with Crippen molar-refractivity contribution in [1.29, 1.82) is 0 Å². The van der Waals surface area contributed by atoms with Crippen LogP contribution >= 0.6 is 11.3 Å². The lowest BCUT2D eigenvalue weighted by molar-refractivity contribution is -0.138. The standard InChI is InChI=1S/C15H22N2O6S2/c1-16(9-14(18)19)11-4-3-6-17(7-5-11)25(21,22)12-8-13(24-10-12)15(20)23-2/h8,10-11H,3-7,9H2,1-2H3,(H,18,19). The van der Waals surface area contributed by atoms with Crippen molar-refractivity contribution in [3.63, 3.8) is 0 Å². The van der Waals surface area contributed by atoms with Crippen LogP contribution in [-0.4, -0.2) is 74.5 Å². The van der Waals surface area contributed by atoms with Gasteiger partial charge in [-0.2, -0.15) is 4.31 Å². The third kappa shape index (κ3) is 4.78. The summed E-state index contributed by atoms with van der Waals surface area (Å²) in [5.74, 6) is -1.46. The highest BCUT2D eigenvalue weighted by Crippen LogP contribution is 2.26. The molecule has 10 heteroatoms. The van der Waals surface area contributed by atoms with Crippen molar-refractivity contribution in [1.82, 2.24) is 9.21 Å². The second-order valence-corrected chi connectivity index (χ2v) is 8.79. The molecule has 0 spiro atoms. The number of carboxylic acids is 1. The Morgan fingerprint density at radius 3 is 2.76 bits per heavy atom. The van der Waals surface area contributed by atoms with Crippen molar-refractivity contribution in [2.45, 2.75) is 30.2 Å². The summed E-state index contributed by atoms with van der Waals surface area (Å²) in [6.45, 7) is 0.633. The van der Waals surface area contributed by atoms with E-state index in [1.54, 1.807) is 11.9 Å². The van der Waals surface area contributed by atoms with Gasteiger partial charge in [0, 0.05) is 24.5 Å². The fourth-order valence-corrected chi connectivity index (χ4v) is 5.56. The summed E-state index contributed by atoms with van der Waals surface area (Å²) in [6.07, 6.45) is 1.96. The highest BCUT2D eigenvalue weighted by atomic mass is 32.2. The van der Waals surface area contributed by atoms with Crippen LogP contribution in [0.4, 0.5) is 0 Å². The summed E-state index contributed by atoms with van der Waals surface area (Å²) in [6, 6.07) is 1.37. The molecule has 0 saturated carbocycles. The van der Waals surface area contributed by atoms with Crippen LogP contribution in [0.1, 0.15) is 28.9 Å². The molecule has 0 radical (unpaired) electrons. The molecule has 1 atom stereocenters. The van der Waals surface area contributed by atoms with Gasteiger partial charge in [-0.25, -0.2) is 13.2 Å². The third-order valence-electron chi connectivity index (χ3n) is 4.26. The van der Waals surface area contributed by atoms with Crippen molar-refractivity contribution in [2.24, 2.45) is 0 Å². The van der Waals surface area contributed by atoms with Crippen LogP contribution in [0.3, 0.4) is 0 Å². The minimum Gasteiger partial charge on any atom is -0.480 e. The van der Waals surface area contributed by atoms with Gasteiger partial charge in [0.1, 0.15) is 4.88 Å². The summed E-state index contributed by atoms with van der Waals surface area (Å²) in [7, 11) is -0.688. The molecule has 2 heterocycles. The first-order valence-electron chi connectivity index (χ1n) is 7.84. The average molecular weight is 390 g/mol. The molecule has 0 bridgehead atoms. The number of hydrogen-bond acceptors (Lipinski definition) is 7. The predicted octanol–water partition coefficient (Wildman–Crippen LogP) is 1.09. The van der Waals surface area contributed by atoms with E-state index in [-0.39, 0.29) is 22.4 Å². The molecule has 1 fully saturated rings. The maximum Gasteiger partial charge on any atom is 0.348 e. The van der Waals surface area contributed by atoms with Crippen molar-refractivity contribution in [2.75, 3.05) is 33.8 Å². The quantitative estimate of drug-likeness (QED) is 0.725. The van der Waals surface area contributed by atoms with Crippen LogP contribution in [0.25, 0.3) is 0 Å². The van der Waals surface area contributed by atoms with E-state index in [0.717, 1.165) is 17.8 Å². The second kappa shape index (κ2) is 8.26. The fraction of sp³-hybridized carbons (Fsp3) is 0.600. The van der Waals surface area contributed by atoms with E-state index in [1.807, 2.05) is 0 Å². The molecule has 1 aliphatic heterocycles. The lowest BCUT2D eigenvalue weighted by Crippen LogP contribution is -2.37. The molecule has 1 unspecified atom stereocenters. The van der Waals surface area contributed by atoms with Crippen molar-refractivity contribution in [3.8, 4) is 0 Å². The minimum absolute atomic E-state index is 0.0319. The van der Waals surface area contributed by atoms with Crippen LogP contribution in [0, 0.1) is 0 Å². The summed E-state index contributed by atoms with van der Waals surface area (Å²) in [5, 5.41) is 10.3. The highest BCUT2D eigenvalue weighted by Gasteiger charge is 2.30. The number of esters is 1. The Labute approximate surface area is 151 Å². The number of thiophene rings is 1. The normalized spacial score (nSPS) is 19.6. The van der Waals surface area contributed by atoms with Crippen LogP contribution in [0.5, 0.6) is 0 Å². The van der Waals surface area contributed by atoms with E-state index < -0.39 is 22.0 Å². The molecule has 2 rings (SSSR count). The van der Waals surface area contributed by atoms with Gasteiger partial charge in [-0.1, -0.05) is 0 Å². The van der Waals surface area contributed by atoms with Crippen molar-refractivity contribution >= 4 is 33.3 Å². The Hall–Kier alpha value is -1.49. The number of methoxy groups -OCH3 is 1. The van der Waals surface area contributed by atoms with Gasteiger partial charge in [-0.05, 0) is 32.4 Å². The SMILES string of the molecule is COC(=O)c1cc(S(=O)(=O)N2CCCC(N(C)CC(=O)O)CC2)cs1. The van der Waals surface area contributed by atoms with Gasteiger partial charge in [0.2, 0.25) is 10.0 Å². The Kier molecular flexibility index (Phi) is 6.55. The molecule has 1 saturated heterocycles. The molecule has 0 amide bonds. The largest absolute Gasteiger partial charge is 0.480 e. The van der Waals surface area contributed by atoms with Crippen LogP contribution in [-0.2, 0) is 19.6 Å². The first kappa shape index (κ1) is 19.8. The summed E-state index contributed by atoms with van der Waals surface area (Å²) in [5.41, 5.74) is 0. The predicted molar refractivity (Wildman–Crippen MR) is 92.3 cm³/mol. The monoisotopic (exact) mass is 390 g/mol. The van der Waals surface area contributed by atoms with E-state index in [9.17, 15) is 18.0 Å². The zero-order valence-electron chi connectivity index (χ0n) is 14.2. The Morgan fingerprint density at radius 1 is 1.40 bits per heavy atom. The van der Waals surface area contributed by atoms with E-state index in [1.165, 1.54) is 22.9 Å². The van der Waals surface area contributed by atoms with Gasteiger partial charge in [0.25, 0.3) is 0 Å². The van der Waals surface area contributed by atoms with Gasteiger partial charge in [-0.15, -0.1) is 11.3 Å². The van der Waals surface area contributed by atoms with Crippen LogP contribution in [0.15, 0.2) is 16.3 Å². The second-order valence-electron chi connectivity index (χ2n) is 5.94. The number of likely N-dealkylation sites (N-methyl/N-ethyl adjacent to an activating group) is 1. The Morgan fingerprint density at radius 2 is 2.12 bits per heavy atom. The van der Waals surface area contributed by atoms with E-state index in [2.05, 4.69) is 4.74 Å². The van der Waals surface area contributed by atoms with Gasteiger partial charge in [0.15, 0.2) is 0 Å². The van der Waals surface area contributed by atoms with E-state index in [0.29, 0.717) is 25.9 Å². The minimum atomic E-state index is -3.68. The van der Waals surface area contributed by atoms with Crippen LogP contribution < -0.4 is 0 Å². The summed E-state index contributed by atoms with van der Waals surface area (Å²) >= 11 is 1.04. The highest BCUT2D eigenvalue weighted by molar-refractivity contribution is 7.89. The molecule has 8 nitrogen and oxygen atoms in total. The molecule has 1 aliphatic rings. The summed E-state index contributed by atoms with van der Waals surface area (Å²) < 4.78 is 31.6. The van der Waals surface area contributed by atoms with Crippen molar-refractivity contribution in [3.05, 3.63) is 16.3 Å². The summed E-state index contributed by atoms with van der Waals surface area (Å²) in [4.78, 5) is 24.4. The smallest absolute Gasteiger partial charge is 0.348 e. The number of rotatable bonds is 6. The van der Waals surface area contributed by atoms with Gasteiger partial charge >= 0.3 is 11.9 Å². The number of sulfonamides is 1. The Bertz CT molecular complexity index is 730. The van der Waals surface area contributed by atoms with E-state index in [4.69, 9.17) is 5.11 Å². The number of carboxylic acid groups (broad SMARTS) is 1. The van der Waals surface area contributed by atoms with Gasteiger partial charge in [-0.3, -0.25) is 9.69 Å². The molecular formula is C15H22N2O6S2. The maximum atomic E-state index is 12.8. The molecule has 1 aromatic rings. The number of hydrogen-bond donors (Lipinski definition) is 1. The number of nitrogens with zero attached hydrogens (tertiary/aromatic N) is 2. The molecule has 1 N–H and O–H groups in total. The lowest BCUT2D eigenvalue weighted by atomic mass is 10.1. The molecule has 1 aromatic heterocycles. The maximum absolute atomic E-state index is 12.8. The fourth-order valence-electron chi connectivity index (χ4n) is 2.89. The number of aliphatic carboxylic acids is 1. The molecule has 0 aliphatic carbocycles. The Balaban J connectivity index is 2.09. The number of ether oxygens (including phenoxy) is 1. The zero-order chi connectivity index (χ0) is 18.6. The molecular weight excluding hydrogens is 368 g/mol. The van der Waals surface area contributed by atoms with Crippen molar-refractivity contribution < 1.29 is 27.9 Å². The first-order chi connectivity index (χ1) is 11.8. The lowest BCUT2D eigenvalue weighted by Gasteiger charge is -2.25. The van der Waals surface area contributed by atoms with Gasteiger partial charge < -0.3 is 9.84 Å². The third-order valence-corrected chi connectivity index (χ3v) is 7.20. The van der Waals surface area contributed by atoms with E-state index >= 15 is 0 Å². The zero-order valence-corrected chi connectivity index (χ0v) is 15.8. The molecule has 0 aromatic carbocycles. The molecule has 140 valence electrons.